The molecule has 15 heavy (non-hydrogen) atoms. The van der Waals surface area contributed by atoms with Crippen LogP contribution in [-0.2, 0) is 4.74 Å². The molecule has 0 aliphatic carbocycles. The van der Waals surface area contributed by atoms with Crippen LogP contribution in [0, 0.1) is 3.57 Å². The van der Waals surface area contributed by atoms with Crippen molar-refractivity contribution in [2.24, 2.45) is 0 Å². The van der Waals surface area contributed by atoms with Crippen LogP contribution in [0.4, 0.5) is 0 Å². The Labute approximate surface area is 107 Å². The predicted molar refractivity (Wildman–Crippen MR) is 66.7 cm³/mol. The van der Waals surface area contributed by atoms with Crippen LogP contribution in [0.5, 0.6) is 5.75 Å². The molecule has 0 atom stereocenters. The fourth-order valence-electron chi connectivity index (χ4n) is 1.02. The molecule has 82 valence electrons. The number of carbonyl (C=O) groups is 1. The van der Waals surface area contributed by atoms with Gasteiger partial charge in [0.05, 0.1) is 18.6 Å². The van der Waals surface area contributed by atoms with Gasteiger partial charge in [0.25, 0.3) is 0 Å². The van der Waals surface area contributed by atoms with Gasteiger partial charge < -0.3 is 9.47 Å². The molecule has 0 N–H and O–H groups in total. The number of alkyl halides is 1. The fourth-order valence-corrected chi connectivity index (χ4v) is 1.65. The van der Waals surface area contributed by atoms with Gasteiger partial charge >= 0.3 is 5.97 Å². The minimum atomic E-state index is -0.365. The average Bonchev–Trinajstić information content (AvgIpc) is 2.27. The quantitative estimate of drug-likeness (QED) is 0.480. The third-order valence-corrected chi connectivity index (χ3v) is 2.78. The summed E-state index contributed by atoms with van der Waals surface area (Å²) in [5.41, 5.74) is 0.505. The van der Waals surface area contributed by atoms with E-state index in [-0.39, 0.29) is 5.97 Å². The maximum absolute atomic E-state index is 11.4. The first-order valence-corrected chi connectivity index (χ1v) is 5.87. The van der Waals surface area contributed by atoms with Crippen LogP contribution in [0.3, 0.4) is 0 Å². The molecule has 0 bridgehead atoms. The highest BCUT2D eigenvalue weighted by atomic mass is 127. The van der Waals surface area contributed by atoms with E-state index >= 15 is 0 Å². The molecule has 0 saturated heterocycles. The van der Waals surface area contributed by atoms with Crippen LogP contribution in [0.25, 0.3) is 0 Å². The van der Waals surface area contributed by atoms with E-state index < -0.39 is 0 Å². The molecule has 0 aromatic heterocycles. The number of halogens is 2. The normalized spacial score (nSPS) is 9.80. The number of benzene rings is 1. The first kappa shape index (κ1) is 12.6. The van der Waals surface area contributed by atoms with Crippen molar-refractivity contribution in [2.75, 3.05) is 19.6 Å². The van der Waals surface area contributed by atoms with Crippen LogP contribution >= 0.6 is 34.2 Å². The van der Waals surface area contributed by atoms with Crippen molar-refractivity contribution in [1.82, 2.24) is 0 Å². The standard InChI is InChI=1S/C10H10ClIO3/c1-14-10(13)8-6-7(15-5-4-11)2-3-9(8)12/h2-3,6H,4-5H2,1H3. The smallest absolute Gasteiger partial charge is 0.339 e. The van der Waals surface area contributed by atoms with Crippen LogP contribution in [-0.4, -0.2) is 25.6 Å². The summed E-state index contributed by atoms with van der Waals surface area (Å²) >= 11 is 7.57. The largest absolute Gasteiger partial charge is 0.492 e. The monoisotopic (exact) mass is 340 g/mol. The molecular formula is C10H10ClIO3. The predicted octanol–water partition coefficient (Wildman–Crippen LogP) is 2.70. The van der Waals surface area contributed by atoms with Crippen LogP contribution in [0.1, 0.15) is 10.4 Å². The molecule has 1 aromatic rings. The van der Waals surface area contributed by atoms with E-state index in [0.29, 0.717) is 23.8 Å². The van der Waals surface area contributed by atoms with Gasteiger partial charge in [-0.3, -0.25) is 0 Å². The summed E-state index contributed by atoms with van der Waals surface area (Å²) in [4.78, 5) is 11.4. The molecule has 0 fully saturated rings. The number of methoxy groups -OCH3 is 1. The molecule has 1 aromatic carbocycles. The zero-order valence-corrected chi connectivity index (χ0v) is 11.0. The van der Waals surface area contributed by atoms with Crippen molar-refractivity contribution in [2.45, 2.75) is 0 Å². The lowest BCUT2D eigenvalue weighted by atomic mass is 10.2. The Morgan fingerprint density at radius 3 is 2.87 bits per heavy atom. The van der Waals surface area contributed by atoms with Crippen molar-refractivity contribution < 1.29 is 14.3 Å². The molecule has 5 heteroatoms. The van der Waals surface area contributed by atoms with Crippen molar-refractivity contribution in [1.29, 1.82) is 0 Å². The van der Waals surface area contributed by atoms with Crippen molar-refractivity contribution >= 4 is 40.2 Å². The van der Waals surface area contributed by atoms with Gasteiger partial charge in [0.2, 0.25) is 0 Å². The second-order valence-corrected chi connectivity index (χ2v) is 4.21. The summed E-state index contributed by atoms with van der Waals surface area (Å²) in [5.74, 6) is 0.673. The van der Waals surface area contributed by atoms with Crippen molar-refractivity contribution in [3.63, 3.8) is 0 Å². The van der Waals surface area contributed by atoms with Gasteiger partial charge in [-0.25, -0.2) is 4.79 Å². The van der Waals surface area contributed by atoms with Gasteiger partial charge in [0.1, 0.15) is 12.4 Å². The summed E-state index contributed by atoms with van der Waals surface area (Å²) in [5, 5.41) is 0. The van der Waals surface area contributed by atoms with Gasteiger partial charge in [-0.2, -0.15) is 0 Å². The minimum absolute atomic E-state index is 0.365. The molecule has 0 saturated carbocycles. The molecule has 0 aliphatic rings. The van der Waals surface area contributed by atoms with Gasteiger partial charge in [-0.05, 0) is 40.8 Å². The van der Waals surface area contributed by atoms with E-state index in [9.17, 15) is 4.79 Å². The zero-order chi connectivity index (χ0) is 11.3. The van der Waals surface area contributed by atoms with E-state index in [4.69, 9.17) is 16.3 Å². The van der Waals surface area contributed by atoms with Crippen LogP contribution in [0.15, 0.2) is 18.2 Å². The number of carbonyl (C=O) groups excluding carboxylic acids is 1. The molecule has 3 nitrogen and oxygen atoms in total. The van der Waals surface area contributed by atoms with E-state index in [1.807, 2.05) is 0 Å². The number of esters is 1. The highest BCUT2D eigenvalue weighted by Gasteiger charge is 2.11. The SMILES string of the molecule is COC(=O)c1cc(OCCCl)ccc1I. The lowest BCUT2D eigenvalue weighted by Gasteiger charge is -2.07. The topological polar surface area (TPSA) is 35.5 Å². The third-order valence-electron chi connectivity index (χ3n) is 1.69. The number of rotatable bonds is 4. The third kappa shape index (κ3) is 3.53. The molecule has 0 unspecified atom stereocenters. The fraction of sp³-hybridized carbons (Fsp3) is 0.300. The molecule has 1 rings (SSSR count). The van der Waals surface area contributed by atoms with Crippen LogP contribution in [0.2, 0.25) is 0 Å². The van der Waals surface area contributed by atoms with Crippen molar-refractivity contribution in [3.05, 3.63) is 27.3 Å². The van der Waals surface area contributed by atoms with E-state index in [1.165, 1.54) is 7.11 Å². The summed E-state index contributed by atoms with van der Waals surface area (Å²) in [6.07, 6.45) is 0. The van der Waals surface area contributed by atoms with Gasteiger partial charge in [0.15, 0.2) is 0 Å². The maximum Gasteiger partial charge on any atom is 0.339 e. The number of ether oxygens (including phenoxy) is 2. The molecule has 0 heterocycles. The second-order valence-electron chi connectivity index (χ2n) is 2.67. The van der Waals surface area contributed by atoms with Gasteiger partial charge in [0, 0.05) is 3.57 Å². The van der Waals surface area contributed by atoms with E-state index in [0.717, 1.165) is 3.57 Å². The lowest BCUT2D eigenvalue weighted by Crippen LogP contribution is -2.05. The van der Waals surface area contributed by atoms with E-state index in [1.54, 1.807) is 18.2 Å². The molecule has 0 aliphatic heterocycles. The highest BCUT2D eigenvalue weighted by molar-refractivity contribution is 14.1. The summed E-state index contributed by atoms with van der Waals surface area (Å²) in [6.45, 7) is 0.419. The summed E-state index contributed by atoms with van der Waals surface area (Å²) < 4.78 is 10.8. The summed E-state index contributed by atoms with van der Waals surface area (Å²) in [6, 6.07) is 5.25. The first-order valence-electron chi connectivity index (χ1n) is 4.25. The van der Waals surface area contributed by atoms with Gasteiger partial charge in [-0.15, -0.1) is 11.6 Å². The Morgan fingerprint density at radius 1 is 1.53 bits per heavy atom. The lowest BCUT2D eigenvalue weighted by molar-refractivity contribution is 0.0599. The zero-order valence-electron chi connectivity index (χ0n) is 8.13. The first-order chi connectivity index (χ1) is 7.19. The molecule has 0 radical (unpaired) electrons. The number of hydrogen-bond donors (Lipinski definition) is 0. The Balaban J connectivity index is 2.89. The van der Waals surface area contributed by atoms with Crippen LogP contribution < -0.4 is 4.74 Å². The Kier molecular flexibility index (Phi) is 5.17. The van der Waals surface area contributed by atoms with E-state index in [2.05, 4.69) is 27.3 Å². The molecular weight excluding hydrogens is 330 g/mol. The molecule has 0 spiro atoms. The average molecular weight is 341 g/mol. The number of hydrogen-bond acceptors (Lipinski definition) is 3. The maximum atomic E-state index is 11.4. The second kappa shape index (κ2) is 6.17. The Bertz CT molecular complexity index is 355. The summed E-state index contributed by atoms with van der Waals surface area (Å²) in [7, 11) is 1.35. The highest BCUT2D eigenvalue weighted by Crippen LogP contribution is 2.20. The minimum Gasteiger partial charge on any atom is -0.492 e. The Morgan fingerprint density at radius 2 is 2.27 bits per heavy atom. The van der Waals surface area contributed by atoms with Gasteiger partial charge in [-0.1, -0.05) is 0 Å². The van der Waals surface area contributed by atoms with Crippen molar-refractivity contribution in [3.8, 4) is 5.75 Å². The Hall–Kier alpha value is -0.490. The molecule has 0 amide bonds.